The summed E-state index contributed by atoms with van der Waals surface area (Å²) in [6.07, 6.45) is 3.05. The Morgan fingerprint density at radius 3 is 2.42 bits per heavy atom. The van der Waals surface area contributed by atoms with Gasteiger partial charge in [-0.1, -0.05) is 56.5 Å². The number of amides is 1. The second kappa shape index (κ2) is 13.4. The van der Waals surface area contributed by atoms with E-state index >= 15 is 0 Å². The maximum absolute atomic E-state index is 13.6. The molecule has 43 heavy (non-hydrogen) atoms. The Morgan fingerprint density at radius 1 is 1.00 bits per heavy atom. The zero-order valence-corrected chi connectivity index (χ0v) is 26.8. The predicted molar refractivity (Wildman–Crippen MR) is 174 cm³/mol. The van der Waals surface area contributed by atoms with Crippen molar-refractivity contribution >= 4 is 46.5 Å². The lowest BCUT2D eigenvalue weighted by Crippen LogP contribution is -2.40. The summed E-state index contributed by atoms with van der Waals surface area (Å²) in [5, 5.41) is 5.35. The van der Waals surface area contributed by atoms with Crippen molar-refractivity contribution in [3.63, 3.8) is 0 Å². The molecule has 7 nitrogen and oxygen atoms in total. The smallest absolute Gasteiger partial charge is 0.253 e. The van der Waals surface area contributed by atoms with E-state index in [2.05, 4.69) is 16.9 Å². The monoisotopic (exact) mass is 632 g/mol. The molecule has 4 aromatic rings. The Balaban J connectivity index is 1.55. The third kappa shape index (κ3) is 7.69. The van der Waals surface area contributed by atoms with Crippen LogP contribution in [0.15, 0.2) is 70.5 Å². The van der Waals surface area contributed by atoms with Crippen molar-refractivity contribution in [2.75, 3.05) is 13.1 Å². The van der Waals surface area contributed by atoms with Crippen LogP contribution in [0.5, 0.6) is 0 Å². The molecule has 0 N–H and O–H groups in total. The Morgan fingerprint density at radius 2 is 1.74 bits per heavy atom. The summed E-state index contributed by atoms with van der Waals surface area (Å²) in [4.78, 5) is 43.0. The molecule has 4 heterocycles. The lowest BCUT2D eigenvalue weighted by Gasteiger charge is -2.27. The minimum atomic E-state index is -0.671. The number of carbonyl (C=O) groups is 2. The van der Waals surface area contributed by atoms with Crippen molar-refractivity contribution in [2.24, 2.45) is 5.41 Å². The van der Waals surface area contributed by atoms with Crippen LogP contribution in [-0.4, -0.2) is 44.2 Å². The first-order valence-electron chi connectivity index (χ1n) is 14.2. The summed E-state index contributed by atoms with van der Waals surface area (Å²) < 4.78 is 3.57. The number of hydrogen-bond donors (Lipinski definition) is 0. The van der Waals surface area contributed by atoms with Gasteiger partial charge in [-0.25, -0.2) is 0 Å². The molecule has 3 aromatic heterocycles. The summed E-state index contributed by atoms with van der Waals surface area (Å²) in [5.41, 5.74) is 1.20. The maximum atomic E-state index is 13.6. The fourth-order valence-electron chi connectivity index (χ4n) is 4.69. The van der Waals surface area contributed by atoms with Gasteiger partial charge in [0.25, 0.3) is 11.5 Å². The van der Waals surface area contributed by atoms with Crippen molar-refractivity contribution in [2.45, 2.75) is 57.4 Å². The number of nitrogens with zero attached hydrogens (tertiary/aromatic N) is 4. The number of thioether (sulfide) groups is 1. The fourth-order valence-corrected chi connectivity index (χ4v) is 6.82. The first kappa shape index (κ1) is 30.9. The molecule has 222 valence electrons. The summed E-state index contributed by atoms with van der Waals surface area (Å²) in [6.45, 7) is 6.87. The number of hydrogen-bond acceptors (Lipinski definition) is 6. The summed E-state index contributed by atoms with van der Waals surface area (Å²) in [7, 11) is 0. The summed E-state index contributed by atoms with van der Waals surface area (Å²) in [6, 6.07) is 18.4. The van der Waals surface area contributed by atoms with Gasteiger partial charge < -0.3 is 4.90 Å². The van der Waals surface area contributed by atoms with Gasteiger partial charge in [0.1, 0.15) is 11.6 Å². The molecule has 0 bridgehead atoms. The van der Waals surface area contributed by atoms with Crippen LogP contribution in [0.25, 0.3) is 11.3 Å². The van der Waals surface area contributed by atoms with Gasteiger partial charge >= 0.3 is 0 Å². The van der Waals surface area contributed by atoms with Gasteiger partial charge in [-0.3, -0.25) is 19.0 Å². The predicted octanol–water partition coefficient (Wildman–Crippen LogP) is 6.82. The van der Waals surface area contributed by atoms with E-state index in [0.29, 0.717) is 45.2 Å². The van der Waals surface area contributed by atoms with E-state index in [1.54, 1.807) is 6.07 Å². The van der Waals surface area contributed by atoms with Crippen molar-refractivity contribution in [3.8, 4) is 23.1 Å². The van der Waals surface area contributed by atoms with E-state index in [4.69, 9.17) is 11.6 Å². The summed E-state index contributed by atoms with van der Waals surface area (Å²) >= 11 is 9.10. The Labute approximate surface area is 264 Å². The average molecular weight is 633 g/mol. The molecule has 10 heteroatoms. The van der Waals surface area contributed by atoms with Gasteiger partial charge in [0, 0.05) is 46.3 Å². The molecule has 1 fully saturated rings. The SMILES string of the molecule is CC(C)(C)C(=O)n1nc(-c2cc(C#Cc3ccccc3)n(CC(=O)N3CCCCC3)c(=O)c2)cc1SCc1ccc(Cl)s1. The first-order valence-corrected chi connectivity index (χ1v) is 16.4. The number of carbonyl (C=O) groups excluding carboxylic acids is 2. The van der Waals surface area contributed by atoms with Gasteiger partial charge in [-0.05, 0) is 61.6 Å². The molecule has 5 rings (SSSR count). The van der Waals surface area contributed by atoms with Crippen LogP contribution >= 0.6 is 34.7 Å². The number of aromatic nitrogens is 3. The number of thiophene rings is 1. The highest BCUT2D eigenvalue weighted by atomic mass is 35.5. The minimum Gasteiger partial charge on any atom is -0.341 e. The standard InChI is InChI=1S/C33H33ClN4O3S2/c1-33(2,3)32(41)38-31(42-22-26-14-15-28(34)43-26)20-27(35-38)24-18-25(13-12-23-10-6-4-7-11-23)37(29(39)19-24)21-30(40)36-16-8-5-9-17-36/h4,6-7,10-11,14-15,18-20H,5,8-9,16-17,21-22H2,1-3H3. The zero-order chi connectivity index (χ0) is 30.6. The lowest BCUT2D eigenvalue weighted by atomic mass is 9.96. The van der Waals surface area contributed by atoms with E-state index in [-0.39, 0.29) is 23.9 Å². The molecule has 1 aliphatic rings. The quantitative estimate of drug-likeness (QED) is 0.172. The molecule has 0 spiro atoms. The fraction of sp³-hybridized carbons (Fsp3) is 0.333. The second-order valence-electron chi connectivity index (χ2n) is 11.4. The van der Waals surface area contributed by atoms with Crippen molar-refractivity contribution in [1.82, 2.24) is 19.2 Å². The average Bonchev–Trinajstić information content (AvgIpc) is 3.62. The molecule has 1 saturated heterocycles. The van der Waals surface area contributed by atoms with E-state index in [9.17, 15) is 14.4 Å². The van der Waals surface area contributed by atoms with Gasteiger partial charge in [0.05, 0.1) is 15.7 Å². The van der Waals surface area contributed by atoms with Gasteiger partial charge in [0.15, 0.2) is 0 Å². The van der Waals surface area contributed by atoms with E-state index in [1.165, 1.54) is 38.4 Å². The number of rotatable bonds is 6. The highest BCUT2D eigenvalue weighted by Gasteiger charge is 2.27. The van der Waals surface area contributed by atoms with Crippen LogP contribution in [0.4, 0.5) is 0 Å². The molecule has 1 aliphatic heterocycles. The molecule has 0 atom stereocenters. The molecular formula is C33H33ClN4O3S2. The molecule has 1 amide bonds. The van der Waals surface area contributed by atoms with Gasteiger partial charge in [-0.2, -0.15) is 9.78 Å². The first-order chi connectivity index (χ1) is 20.6. The van der Waals surface area contributed by atoms with E-state index < -0.39 is 5.41 Å². The van der Waals surface area contributed by atoms with Gasteiger partial charge in [-0.15, -0.1) is 23.1 Å². The molecule has 0 saturated carbocycles. The van der Waals surface area contributed by atoms with Gasteiger partial charge in [0.2, 0.25) is 5.91 Å². The molecular weight excluding hydrogens is 600 g/mol. The Bertz CT molecular complexity index is 1750. The van der Waals surface area contributed by atoms with Crippen LogP contribution in [0.1, 0.15) is 61.0 Å². The van der Waals surface area contributed by atoms with Crippen LogP contribution in [0.2, 0.25) is 4.34 Å². The Kier molecular flexibility index (Phi) is 9.60. The topological polar surface area (TPSA) is 77.2 Å². The number of likely N-dealkylation sites (tertiary alicyclic amines) is 1. The van der Waals surface area contributed by atoms with Crippen LogP contribution < -0.4 is 5.56 Å². The third-order valence-electron chi connectivity index (χ3n) is 7.04. The van der Waals surface area contributed by atoms with E-state index in [1.807, 2.05) is 74.2 Å². The number of pyridine rings is 1. The number of halogens is 1. The van der Waals surface area contributed by atoms with Crippen molar-refractivity contribution < 1.29 is 9.59 Å². The van der Waals surface area contributed by atoms with E-state index in [0.717, 1.165) is 29.7 Å². The highest BCUT2D eigenvalue weighted by molar-refractivity contribution is 7.98. The molecule has 0 unspecified atom stereocenters. The Hall–Kier alpha value is -3.58. The number of piperidine rings is 1. The lowest BCUT2D eigenvalue weighted by molar-refractivity contribution is -0.132. The third-order valence-corrected chi connectivity index (χ3v) is 9.49. The van der Waals surface area contributed by atoms with Crippen LogP contribution in [0, 0.1) is 17.3 Å². The van der Waals surface area contributed by atoms with Crippen LogP contribution in [0.3, 0.4) is 0 Å². The maximum Gasteiger partial charge on any atom is 0.253 e. The normalized spacial score (nSPS) is 13.4. The number of benzene rings is 1. The van der Waals surface area contributed by atoms with Crippen molar-refractivity contribution in [1.29, 1.82) is 0 Å². The molecule has 1 aromatic carbocycles. The highest BCUT2D eigenvalue weighted by Crippen LogP contribution is 2.33. The largest absolute Gasteiger partial charge is 0.341 e. The minimum absolute atomic E-state index is 0.0840. The van der Waals surface area contributed by atoms with Crippen molar-refractivity contribution in [3.05, 3.63) is 91.5 Å². The van der Waals surface area contributed by atoms with Crippen LogP contribution in [-0.2, 0) is 17.1 Å². The second-order valence-corrected chi connectivity index (χ2v) is 14.2. The molecule has 0 radical (unpaired) electrons. The zero-order valence-electron chi connectivity index (χ0n) is 24.4. The summed E-state index contributed by atoms with van der Waals surface area (Å²) in [5.74, 6) is 6.63. The molecule has 0 aliphatic carbocycles.